The van der Waals surface area contributed by atoms with Gasteiger partial charge in [0.1, 0.15) is 11.6 Å². The van der Waals surface area contributed by atoms with E-state index in [0.717, 1.165) is 40.1 Å². The van der Waals surface area contributed by atoms with Crippen LogP contribution in [0.3, 0.4) is 0 Å². The van der Waals surface area contributed by atoms with E-state index in [9.17, 15) is 23.5 Å². The van der Waals surface area contributed by atoms with Crippen LogP contribution in [0.1, 0.15) is 23.1 Å². The number of hydrogen-bond acceptors (Lipinski definition) is 4. The fraction of sp³-hybridized carbons (Fsp3) is 0.217. The molecule has 0 unspecified atom stereocenters. The van der Waals surface area contributed by atoms with Crippen molar-refractivity contribution < 1.29 is 33.5 Å². The summed E-state index contributed by atoms with van der Waals surface area (Å²) in [6.07, 6.45) is 4.07. The second kappa shape index (κ2) is 11.4. The molecule has 1 aliphatic heterocycles. The third-order valence-corrected chi connectivity index (χ3v) is 5.43. The van der Waals surface area contributed by atoms with Gasteiger partial charge in [0.25, 0.3) is 0 Å². The quantitative estimate of drug-likeness (QED) is 0.685. The van der Waals surface area contributed by atoms with Gasteiger partial charge in [0, 0.05) is 23.1 Å². The maximum atomic E-state index is 13.6. The van der Waals surface area contributed by atoms with Crippen molar-refractivity contribution in [1.29, 1.82) is 0 Å². The zero-order valence-corrected chi connectivity index (χ0v) is 18.0. The molecule has 2 aromatic rings. The Labute approximate surface area is 183 Å². The number of carboxylic acids is 2. The number of carbonyl (C=O) groups excluding carboxylic acids is 1. The molecule has 8 heteroatoms. The fourth-order valence-electron chi connectivity index (χ4n) is 2.95. The second-order valence-corrected chi connectivity index (χ2v) is 8.10. The molecule has 5 nitrogen and oxygen atoms in total. The number of quaternary nitrogens is 1. The maximum absolute atomic E-state index is 13.6. The van der Waals surface area contributed by atoms with Crippen LogP contribution < -0.4 is 10.0 Å². The highest BCUT2D eigenvalue weighted by Crippen LogP contribution is 2.40. The van der Waals surface area contributed by atoms with E-state index >= 15 is 0 Å². The molecule has 31 heavy (non-hydrogen) atoms. The average Bonchev–Trinajstić information content (AvgIpc) is 2.83. The van der Waals surface area contributed by atoms with Crippen molar-refractivity contribution in [2.75, 3.05) is 20.6 Å². The van der Waals surface area contributed by atoms with Crippen molar-refractivity contribution in [1.82, 2.24) is 0 Å². The van der Waals surface area contributed by atoms with Gasteiger partial charge >= 0.3 is 5.97 Å². The number of rotatable bonds is 5. The lowest BCUT2D eigenvalue weighted by Crippen LogP contribution is -3.05. The van der Waals surface area contributed by atoms with Crippen molar-refractivity contribution in [3.63, 3.8) is 0 Å². The summed E-state index contributed by atoms with van der Waals surface area (Å²) in [6, 6.07) is 9.85. The predicted molar refractivity (Wildman–Crippen MR) is 114 cm³/mol. The molecular formula is C23H23F2NO4S. The van der Waals surface area contributed by atoms with E-state index in [1.165, 1.54) is 17.0 Å². The molecule has 1 aliphatic rings. The minimum absolute atomic E-state index is 0.224. The van der Waals surface area contributed by atoms with Gasteiger partial charge in [-0.15, -0.1) is 11.8 Å². The van der Waals surface area contributed by atoms with Crippen molar-refractivity contribution in [3.8, 4) is 0 Å². The van der Waals surface area contributed by atoms with Crippen LogP contribution in [-0.2, 0) is 15.3 Å². The normalized spacial score (nSPS) is 13.9. The van der Waals surface area contributed by atoms with Gasteiger partial charge in [0.2, 0.25) is 0 Å². The highest BCUT2D eigenvalue weighted by Gasteiger charge is 2.19. The summed E-state index contributed by atoms with van der Waals surface area (Å²) in [5.74, 6) is -2.61. The van der Waals surface area contributed by atoms with E-state index in [1.54, 1.807) is 23.9 Å². The Morgan fingerprint density at radius 2 is 1.74 bits per heavy atom. The first-order chi connectivity index (χ1) is 14.7. The van der Waals surface area contributed by atoms with Crippen LogP contribution in [0.25, 0.3) is 5.57 Å². The van der Waals surface area contributed by atoms with Gasteiger partial charge in [-0.25, -0.2) is 13.6 Å². The van der Waals surface area contributed by atoms with Crippen molar-refractivity contribution in [3.05, 3.63) is 83.0 Å². The van der Waals surface area contributed by atoms with Crippen LogP contribution in [-0.4, -0.2) is 37.7 Å². The molecule has 0 saturated heterocycles. The Morgan fingerprint density at radius 1 is 1.10 bits per heavy atom. The van der Waals surface area contributed by atoms with Gasteiger partial charge in [-0.2, -0.15) is 0 Å². The van der Waals surface area contributed by atoms with Gasteiger partial charge in [-0.05, 0) is 52.6 Å². The smallest absolute Gasteiger partial charge is 0.328 e. The Balaban J connectivity index is 0.000000366. The van der Waals surface area contributed by atoms with E-state index in [2.05, 4.69) is 20.2 Å². The Bertz CT molecular complexity index is 947. The first-order valence-electron chi connectivity index (χ1n) is 9.50. The highest BCUT2D eigenvalue weighted by molar-refractivity contribution is 7.98. The molecular weight excluding hydrogens is 424 g/mol. The lowest BCUT2D eigenvalue weighted by molar-refractivity contribution is -0.857. The molecule has 0 saturated carbocycles. The number of halogens is 2. The Hall–Kier alpha value is -2.97. The SMILES string of the molecule is C[NH+](C)CC/C=C1\c2ccc(F)cc2CSc2cc(F)ccc21.O=C([O-])/C=C/C(=O)O. The molecule has 0 aromatic heterocycles. The highest BCUT2D eigenvalue weighted by atomic mass is 32.2. The first kappa shape index (κ1) is 24.3. The van der Waals surface area contributed by atoms with Gasteiger partial charge in [-0.1, -0.05) is 18.2 Å². The molecule has 0 radical (unpaired) electrons. The van der Waals surface area contributed by atoms with E-state index < -0.39 is 11.9 Å². The minimum atomic E-state index is -1.51. The van der Waals surface area contributed by atoms with E-state index in [-0.39, 0.29) is 11.6 Å². The summed E-state index contributed by atoms with van der Waals surface area (Å²) in [5, 5.41) is 17.2. The van der Waals surface area contributed by atoms with Crippen LogP contribution in [0.15, 0.2) is 59.5 Å². The number of hydrogen-bond donors (Lipinski definition) is 2. The summed E-state index contributed by atoms with van der Waals surface area (Å²) >= 11 is 1.57. The van der Waals surface area contributed by atoms with Gasteiger partial charge in [0.05, 0.1) is 26.6 Å². The van der Waals surface area contributed by atoms with E-state index in [1.807, 2.05) is 12.1 Å². The maximum Gasteiger partial charge on any atom is 0.328 e. The lowest BCUT2D eigenvalue weighted by Gasteiger charge is -2.12. The molecule has 3 rings (SSSR count). The monoisotopic (exact) mass is 447 g/mol. The third-order valence-electron chi connectivity index (χ3n) is 4.33. The number of aliphatic carboxylic acids is 2. The molecule has 164 valence electrons. The third kappa shape index (κ3) is 7.66. The van der Waals surface area contributed by atoms with E-state index in [4.69, 9.17) is 5.11 Å². The van der Waals surface area contributed by atoms with Crippen molar-refractivity contribution in [2.45, 2.75) is 17.1 Å². The predicted octanol–water partition coefficient (Wildman–Crippen LogP) is 1.91. The largest absolute Gasteiger partial charge is 0.545 e. The number of fused-ring (bicyclic) bond motifs is 2. The lowest BCUT2D eigenvalue weighted by atomic mass is 9.93. The van der Waals surface area contributed by atoms with Crippen LogP contribution in [0.2, 0.25) is 0 Å². The molecule has 0 bridgehead atoms. The van der Waals surface area contributed by atoms with Crippen LogP contribution in [0, 0.1) is 11.6 Å². The number of carboxylic acid groups (broad SMARTS) is 2. The second-order valence-electron chi connectivity index (χ2n) is 7.08. The van der Waals surface area contributed by atoms with Gasteiger partial charge in [0.15, 0.2) is 0 Å². The number of nitrogens with one attached hydrogen (secondary N) is 1. The van der Waals surface area contributed by atoms with Gasteiger partial charge in [-0.3, -0.25) is 0 Å². The summed E-state index contributed by atoms with van der Waals surface area (Å²) in [6.45, 7) is 1.02. The minimum Gasteiger partial charge on any atom is -0.545 e. The molecule has 1 heterocycles. The number of carbonyl (C=O) groups is 2. The summed E-state index contributed by atoms with van der Waals surface area (Å²) in [4.78, 5) is 21.3. The molecule has 0 atom stereocenters. The first-order valence-corrected chi connectivity index (χ1v) is 10.5. The summed E-state index contributed by atoms with van der Waals surface area (Å²) < 4.78 is 27.2. The molecule has 0 fully saturated rings. The molecule has 0 amide bonds. The fourth-order valence-corrected chi connectivity index (χ4v) is 4.03. The number of thioether (sulfide) groups is 1. The molecule has 0 spiro atoms. The van der Waals surface area contributed by atoms with Crippen LogP contribution in [0.5, 0.6) is 0 Å². The molecule has 2 N–H and O–H groups in total. The summed E-state index contributed by atoms with van der Waals surface area (Å²) in [7, 11) is 4.24. The van der Waals surface area contributed by atoms with Gasteiger partial charge < -0.3 is 19.9 Å². The number of benzene rings is 2. The Morgan fingerprint density at radius 3 is 2.32 bits per heavy atom. The van der Waals surface area contributed by atoms with E-state index in [0.29, 0.717) is 17.9 Å². The standard InChI is InChI=1S/C19H19F2NS.C4H4O4/c1-22(2)9-3-4-17-16-7-5-14(20)10-13(16)12-23-19-11-15(21)6-8-18(17)19;5-3(6)1-2-4(7)8/h4-8,10-11H,3,9,12H2,1-2H3;1-2H,(H,5,6)(H,7,8)/b17-4+;2-1+. The topological polar surface area (TPSA) is 81.9 Å². The Kier molecular flexibility index (Phi) is 8.96. The van der Waals surface area contributed by atoms with Crippen molar-refractivity contribution in [2.24, 2.45) is 0 Å². The van der Waals surface area contributed by atoms with Crippen LogP contribution >= 0.6 is 11.8 Å². The average molecular weight is 448 g/mol. The summed E-state index contributed by atoms with van der Waals surface area (Å²) in [5.41, 5.74) is 4.14. The zero-order chi connectivity index (χ0) is 23.0. The van der Waals surface area contributed by atoms with Crippen LogP contribution in [0.4, 0.5) is 8.78 Å². The van der Waals surface area contributed by atoms with Crippen molar-refractivity contribution >= 4 is 29.3 Å². The molecule has 2 aromatic carbocycles. The molecule has 0 aliphatic carbocycles. The zero-order valence-electron chi connectivity index (χ0n) is 17.2.